The van der Waals surface area contributed by atoms with E-state index in [4.69, 9.17) is 10.5 Å². The Balaban J connectivity index is 1.35. The van der Waals surface area contributed by atoms with E-state index in [9.17, 15) is 15.3 Å². The molecule has 1 fully saturated rings. The van der Waals surface area contributed by atoms with Crippen LogP contribution >= 0.6 is 0 Å². The minimum atomic E-state index is -1.28. The fourth-order valence-corrected chi connectivity index (χ4v) is 3.59. The molecule has 0 radical (unpaired) electrons. The Morgan fingerprint density at radius 1 is 1.15 bits per heavy atom. The maximum atomic E-state index is 10.3. The number of hydrazone groups is 1. The molecule has 4 heterocycles. The normalized spacial score (nSPS) is 23.0. The minimum Gasteiger partial charge on any atom is -0.394 e. The van der Waals surface area contributed by atoms with Gasteiger partial charge in [-0.3, -0.25) is 4.57 Å². The lowest BCUT2D eigenvalue weighted by Gasteiger charge is -2.16. The van der Waals surface area contributed by atoms with Crippen LogP contribution in [0.1, 0.15) is 11.8 Å². The van der Waals surface area contributed by atoms with Crippen molar-refractivity contribution in [3.63, 3.8) is 0 Å². The molecule has 3 aromatic heterocycles. The van der Waals surface area contributed by atoms with Gasteiger partial charge in [0.15, 0.2) is 17.7 Å². The molecule has 13 heteroatoms. The Bertz CT molecular complexity index is 1270. The van der Waals surface area contributed by atoms with Crippen LogP contribution in [0.4, 0.5) is 11.8 Å². The van der Waals surface area contributed by atoms with Gasteiger partial charge >= 0.3 is 0 Å². The van der Waals surface area contributed by atoms with E-state index in [-0.39, 0.29) is 17.4 Å². The standard InChI is InChI=1S/C20H21N9O4/c21-17-14-18(29(10-23-14)19-16(32)15(31)13(8-30)33-19)26-20(25-17)27-24-7-11-1-3-12(4-2-11)28-6-5-22-9-28/h1-7,9-10,13,15-16,19,30-32H,8H2,(H3,21,25,26,27)/b24-7+/t13-,15-,16-,19-/m1/s1. The van der Waals surface area contributed by atoms with Gasteiger partial charge in [-0.1, -0.05) is 12.1 Å². The summed E-state index contributed by atoms with van der Waals surface area (Å²) in [5.41, 5.74) is 11.1. The highest BCUT2D eigenvalue weighted by molar-refractivity contribution is 5.83. The number of hydrogen-bond acceptors (Lipinski definition) is 11. The number of aliphatic hydroxyl groups is 3. The van der Waals surface area contributed by atoms with Gasteiger partial charge in [-0.05, 0) is 17.7 Å². The highest BCUT2D eigenvalue weighted by Gasteiger charge is 2.44. The van der Waals surface area contributed by atoms with Crippen molar-refractivity contribution in [2.24, 2.45) is 5.10 Å². The predicted molar refractivity (Wildman–Crippen MR) is 118 cm³/mol. The lowest BCUT2D eigenvalue weighted by Crippen LogP contribution is -2.33. The zero-order chi connectivity index (χ0) is 22.9. The number of rotatable bonds is 6. The summed E-state index contributed by atoms with van der Waals surface area (Å²) in [6.07, 6.45) is 3.80. The molecule has 0 aliphatic carbocycles. The number of fused-ring (bicyclic) bond motifs is 1. The van der Waals surface area contributed by atoms with Gasteiger partial charge in [0.05, 0.1) is 25.5 Å². The molecule has 1 aromatic carbocycles. The quantitative estimate of drug-likeness (QED) is 0.192. The monoisotopic (exact) mass is 451 g/mol. The summed E-state index contributed by atoms with van der Waals surface area (Å²) in [6.45, 7) is -0.441. The van der Waals surface area contributed by atoms with E-state index in [1.54, 1.807) is 18.7 Å². The molecule has 0 saturated carbocycles. The molecule has 4 atom stereocenters. The molecular weight excluding hydrogens is 430 g/mol. The summed E-state index contributed by atoms with van der Waals surface area (Å²) >= 11 is 0. The second-order valence-corrected chi connectivity index (χ2v) is 7.42. The van der Waals surface area contributed by atoms with Crippen molar-refractivity contribution in [2.45, 2.75) is 24.5 Å². The lowest BCUT2D eigenvalue weighted by molar-refractivity contribution is -0.0511. The number of ether oxygens (including phenoxy) is 1. The highest BCUT2D eigenvalue weighted by atomic mass is 16.6. The van der Waals surface area contributed by atoms with Gasteiger partial charge in [0.2, 0.25) is 5.95 Å². The fourth-order valence-electron chi connectivity index (χ4n) is 3.59. The predicted octanol–water partition coefficient (Wildman–Crippen LogP) is -0.348. The molecule has 0 unspecified atom stereocenters. The number of nitrogen functional groups attached to an aromatic ring is 1. The van der Waals surface area contributed by atoms with Crippen LogP contribution in [0.3, 0.4) is 0 Å². The average molecular weight is 451 g/mol. The van der Waals surface area contributed by atoms with Crippen LogP contribution in [0.15, 0.2) is 54.4 Å². The van der Waals surface area contributed by atoms with Crippen molar-refractivity contribution < 1.29 is 20.1 Å². The summed E-state index contributed by atoms with van der Waals surface area (Å²) in [5, 5.41) is 33.9. The summed E-state index contributed by atoms with van der Waals surface area (Å²) < 4.78 is 8.88. The van der Waals surface area contributed by atoms with Gasteiger partial charge < -0.3 is 30.4 Å². The number of hydrogen-bond donors (Lipinski definition) is 5. The first-order valence-corrected chi connectivity index (χ1v) is 10.0. The van der Waals surface area contributed by atoms with E-state index in [2.05, 4.69) is 30.5 Å². The van der Waals surface area contributed by atoms with Crippen LogP contribution in [0, 0.1) is 0 Å². The van der Waals surface area contributed by atoms with Crippen LogP contribution in [-0.4, -0.2) is 75.5 Å². The summed E-state index contributed by atoms with van der Waals surface area (Å²) in [4.78, 5) is 16.7. The number of benzene rings is 1. The van der Waals surface area contributed by atoms with Crippen LogP contribution in [0.25, 0.3) is 16.9 Å². The largest absolute Gasteiger partial charge is 0.394 e. The Morgan fingerprint density at radius 3 is 2.67 bits per heavy atom. The van der Waals surface area contributed by atoms with E-state index >= 15 is 0 Å². The zero-order valence-corrected chi connectivity index (χ0v) is 17.2. The molecule has 5 rings (SSSR count). The number of aromatic nitrogens is 6. The summed E-state index contributed by atoms with van der Waals surface area (Å²) in [6, 6.07) is 7.66. The van der Waals surface area contributed by atoms with Crippen molar-refractivity contribution in [3.05, 3.63) is 54.9 Å². The van der Waals surface area contributed by atoms with Crippen LogP contribution in [0.5, 0.6) is 0 Å². The number of nitrogens with one attached hydrogen (secondary N) is 1. The maximum absolute atomic E-state index is 10.3. The Labute approximate surface area is 186 Å². The van der Waals surface area contributed by atoms with Crippen molar-refractivity contribution in [2.75, 3.05) is 17.8 Å². The number of aliphatic hydroxyl groups excluding tert-OH is 3. The van der Waals surface area contributed by atoms with E-state index in [1.165, 1.54) is 10.9 Å². The SMILES string of the molecule is Nc1nc(N/N=C/c2ccc(-n3ccnc3)cc2)nc2c1ncn2[C@@H]1O[C@H](CO)[C@@H](O)[C@H]1O. The Kier molecular flexibility index (Phi) is 5.43. The summed E-state index contributed by atoms with van der Waals surface area (Å²) in [5.74, 6) is 0.215. The number of anilines is 2. The number of nitrogens with two attached hydrogens (primary N) is 1. The molecule has 33 heavy (non-hydrogen) atoms. The van der Waals surface area contributed by atoms with Crippen molar-refractivity contribution in [3.8, 4) is 5.69 Å². The molecule has 1 aliphatic heterocycles. The molecule has 6 N–H and O–H groups in total. The maximum Gasteiger partial charge on any atom is 0.247 e. The first kappa shape index (κ1) is 21.0. The average Bonchev–Trinajstić information content (AvgIpc) is 3.55. The van der Waals surface area contributed by atoms with Gasteiger partial charge in [0, 0.05) is 18.1 Å². The highest BCUT2D eigenvalue weighted by Crippen LogP contribution is 2.32. The molecular formula is C20H21N9O4. The lowest BCUT2D eigenvalue weighted by atomic mass is 10.1. The minimum absolute atomic E-state index is 0.105. The topological polar surface area (TPSA) is 182 Å². The Hall–Kier alpha value is -3.91. The third-order valence-corrected chi connectivity index (χ3v) is 5.31. The molecule has 4 aromatic rings. The van der Waals surface area contributed by atoms with Gasteiger partial charge in [-0.15, -0.1) is 0 Å². The molecule has 1 aliphatic rings. The smallest absolute Gasteiger partial charge is 0.247 e. The summed E-state index contributed by atoms with van der Waals surface area (Å²) in [7, 11) is 0. The third kappa shape index (κ3) is 3.89. The van der Waals surface area contributed by atoms with Crippen molar-refractivity contribution >= 4 is 29.1 Å². The van der Waals surface area contributed by atoms with Crippen LogP contribution < -0.4 is 11.2 Å². The fraction of sp³-hybridized carbons (Fsp3) is 0.250. The van der Waals surface area contributed by atoms with Gasteiger partial charge in [-0.2, -0.15) is 15.1 Å². The first-order valence-electron chi connectivity index (χ1n) is 10.0. The molecule has 1 saturated heterocycles. The molecule has 0 bridgehead atoms. The second-order valence-electron chi connectivity index (χ2n) is 7.42. The van der Waals surface area contributed by atoms with Gasteiger partial charge in [0.25, 0.3) is 0 Å². The number of nitrogens with zero attached hydrogens (tertiary/aromatic N) is 7. The van der Waals surface area contributed by atoms with E-state index in [0.717, 1.165) is 11.3 Å². The van der Waals surface area contributed by atoms with Gasteiger partial charge in [-0.25, -0.2) is 15.4 Å². The third-order valence-electron chi connectivity index (χ3n) is 5.31. The van der Waals surface area contributed by atoms with E-state index in [0.29, 0.717) is 5.52 Å². The van der Waals surface area contributed by atoms with Crippen LogP contribution in [-0.2, 0) is 4.74 Å². The molecule has 0 spiro atoms. The molecule has 170 valence electrons. The second kappa shape index (κ2) is 8.55. The molecule has 0 amide bonds. The van der Waals surface area contributed by atoms with Crippen molar-refractivity contribution in [1.29, 1.82) is 0 Å². The van der Waals surface area contributed by atoms with E-state index < -0.39 is 31.1 Å². The molecule has 13 nitrogen and oxygen atoms in total. The van der Waals surface area contributed by atoms with Gasteiger partial charge in [0.1, 0.15) is 23.8 Å². The van der Waals surface area contributed by atoms with E-state index in [1.807, 2.05) is 35.0 Å². The Morgan fingerprint density at radius 2 is 1.97 bits per heavy atom. The van der Waals surface area contributed by atoms with Crippen LogP contribution in [0.2, 0.25) is 0 Å². The number of imidazole rings is 2. The van der Waals surface area contributed by atoms with Crippen molar-refractivity contribution in [1.82, 2.24) is 29.1 Å². The zero-order valence-electron chi connectivity index (χ0n) is 17.2. The first-order chi connectivity index (χ1) is 16.0.